The van der Waals surface area contributed by atoms with Crippen LogP contribution < -0.4 is 10.6 Å². The minimum Gasteiger partial charge on any atom is -0.394 e. The van der Waals surface area contributed by atoms with Crippen molar-refractivity contribution in [2.75, 3.05) is 32.9 Å². The fraction of sp³-hybridized carbons (Fsp3) is 0.900. The molecule has 0 spiro atoms. The topological polar surface area (TPSA) is 102 Å². The maximum atomic E-state index is 11.4. The van der Waals surface area contributed by atoms with Crippen LogP contribution in [0.25, 0.3) is 0 Å². The lowest BCUT2D eigenvalue weighted by Crippen LogP contribution is -2.57. The van der Waals surface area contributed by atoms with Crippen molar-refractivity contribution in [3.05, 3.63) is 0 Å². The molecule has 0 fully saturated rings. The van der Waals surface area contributed by atoms with Gasteiger partial charge in [-0.1, -0.05) is 6.92 Å². The first kappa shape index (κ1) is 15.3. The van der Waals surface area contributed by atoms with Crippen molar-refractivity contribution in [1.29, 1.82) is 0 Å². The van der Waals surface area contributed by atoms with Crippen molar-refractivity contribution < 1.29 is 20.1 Å². The quantitative estimate of drug-likeness (QED) is 0.303. The molecule has 0 radical (unpaired) electrons. The van der Waals surface area contributed by atoms with E-state index >= 15 is 0 Å². The zero-order chi connectivity index (χ0) is 12.4. The normalized spacial score (nSPS) is 11.5. The molecule has 0 aromatic rings. The van der Waals surface area contributed by atoms with Gasteiger partial charge in [0.2, 0.25) is 5.91 Å². The summed E-state index contributed by atoms with van der Waals surface area (Å²) >= 11 is 0. The lowest BCUT2D eigenvalue weighted by atomic mass is 10.0. The van der Waals surface area contributed by atoms with E-state index in [0.717, 1.165) is 13.0 Å². The van der Waals surface area contributed by atoms with Crippen molar-refractivity contribution in [3.63, 3.8) is 0 Å². The molecular formula is C10H22N2O4. The van der Waals surface area contributed by atoms with Gasteiger partial charge in [0.25, 0.3) is 0 Å². The number of amides is 1. The Bertz CT molecular complexity index is 187. The van der Waals surface area contributed by atoms with Gasteiger partial charge in [-0.2, -0.15) is 0 Å². The van der Waals surface area contributed by atoms with Crippen LogP contribution in [0.1, 0.15) is 19.8 Å². The van der Waals surface area contributed by atoms with Gasteiger partial charge in [-0.3, -0.25) is 4.79 Å². The van der Waals surface area contributed by atoms with Crippen LogP contribution in [0.15, 0.2) is 0 Å². The predicted octanol–water partition coefficient (Wildman–Crippen LogP) is -1.79. The maximum absolute atomic E-state index is 11.4. The smallest absolute Gasteiger partial charge is 0.221 e. The van der Waals surface area contributed by atoms with Crippen LogP contribution >= 0.6 is 0 Å². The summed E-state index contributed by atoms with van der Waals surface area (Å²) in [6.45, 7) is 1.94. The fourth-order valence-corrected chi connectivity index (χ4v) is 1.13. The van der Waals surface area contributed by atoms with Crippen LogP contribution in [-0.4, -0.2) is 59.7 Å². The number of nitrogens with one attached hydrogen (secondary N) is 2. The molecule has 0 aliphatic rings. The SMILES string of the molecule is CCCNCCC(=O)NC(CO)(CO)CO. The zero-order valence-electron chi connectivity index (χ0n) is 9.70. The van der Waals surface area contributed by atoms with Gasteiger partial charge in [0.15, 0.2) is 0 Å². The van der Waals surface area contributed by atoms with Gasteiger partial charge in [0, 0.05) is 13.0 Å². The Morgan fingerprint density at radius 3 is 2.12 bits per heavy atom. The Balaban J connectivity index is 3.91. The number of hydrogen-bond donors (Lipinski definition) is 5. The monoisotopic (exact) mass is 234 g/mol. The molecule has 0 aromatic heterocycles. The standard InChI is InChI=1S/C10H22N2O4/c1-2-4-11-5-3-9(16)12-10(6-13,7-14)8-15/h11,13-15H,2-8H2,1H3,(H,12,16). The molecule has 0 unspecified atom stereocenters. The summed E-state index contributed by atoms with van der Waals surface area (Å²) in [5, 5.41) is 32.4. The Kier molecular flexibility index (Phi) is 8.10. The maximum Gasteiger partial charge on any atom is 0.221 e. The lowest BCUT2D eigenvalue weighted by molar-refractivity contribution is -0.125. The summed E-state index contributed by atoms with van der Waals surface area (Å²) < 4.78 is 0. The van der Waals surface area contributed by atoms with E-state index in [2.05, 4.69) is 10.6 Å². The molecule has 0 heterocycles. The third kappa shape index (κ3) is 5.41. The summed E-state index contributed by atoms with van der Waals surface area (Å²) in [7, 11) is 0. The average Bonchev–Trinajstić information content (AvgIpc) is 2.32. The van der Waals surface area contributed by atoms with Crippen LogP contribution in [0.5, 0.6) is 0 Å². The molecule has 5 N–H and O–H groups in total. The first-order valence-electron chi connectivity index (χ1n) is 5.48. The van der Waals surface area contributed by atoms with Crippen LogP contribution in [0.2, 0.25) is 0 Å². The van der Waals surface area contributed by atoms with E-state index in [0.29, 0.717) is 6.54 Å². The fourth-order valence-electron chi connectivity index (χ4n) is 1.13. The molecule has 0 saturated carbocycles. The lowest BCUT2D eigenvalue weighted by Gasteiger charge is -2.28. The van der Waals surface area contributed by atoms with Crippen LogP contribution in [0, 0.1) is 0 Å². The second kappa shape index (κ2) is 8.46. The van der Waals surface area contributed by atoms with Crippen molar-refractivity contribution in [2.24, 2.45) is 0 Å². The Morgan fingerprint density at radius 2 is 1.69 bits per heavy atom. The van der Waals surface area contributed by atoms with E-state index in [1.54, 1.807) is 0 Å². The Hall–Kier alpha value is -0.690. The largest absolute Gasteiger partial charge is 0.394 e. The van der Waals surface area contributed by atoms with Gasteiger partial charge < -0.3 is 26.0 Å². The highest BCUT2D eigenvalue weighted by atomic mass is 16.3. The number of carbonyl (C=O) groups is 1. The number of carbonyl (C=O) groups excluding carboxylic acids is 1. The summed E-state index contributed by atoms with van der Waals surface area (Å²) in [4.78, 5) is 11.4. The van der Waals surface area contributed by atoms with Gasteiger partial charge in [-0.25, -0.2) is 0 Å². The van der Waals surface area contributed by atoms with Gasteiger partial charge >= 0.3 is 0 Å². The van der Waals surface area contributed by atoms with Gasteiger partial charge in [-0.05, 0) is 13.0 Å². The Morgan fingerprint density at radius 1 is 1.12 bits per heavy atom. The van der Waals surface area contributed by atoms with Crippen LogP contribution in [0.4, 0.5) is 0 Å². The molecule has 16 heavy (non-hydrogen) atoms. The Labute approximate surface area is 95.7 Å². The van der Waals surface area contributed by atoms with Gasteiger partial charge in [0.1, 0.15) is 5.54 Å². The molecule has 0 saturated heterocycles. The number of aliphatic hydroxyl groups is 3. The summed E-state index contributed by atoms with van der Waals surface area (Å²) in [5.41, 5.74) is -1.32. The first-order chi connectivity index (χ1) is 7.64. The summed E-state index contributed by atoms with van der Waals surface area (Å²) in [6, 6.07) is 0. The van der Waals surface area contributed by atoms with E-state index in [9.17, 15) is 4.79 Å². The highest BCUT2D eigenvalue weighted by Gasteiger charge is 2.29. The van der Waals surface area contributed by atoms with Crippen molar-refractivity contribution >= 4 is 5.91 Å². The molecule has 0 rings (SSSR count). The first-order valence-corrected chi connectivity index (χ1v) is 5.48. The van der Waals surface area contributed by atoms with Crippen LogP contribution in [-0.2, 0) is 4.79 Å². The third-order valence-corrected chi connectivity index (χ3v) is 2.27. The predicted molar refractivity (Wildman–Crippen MR) is 59.9 cm³/mol. The molecule has 6 heteroatoms. The molecule has 0 aliphatic heterocycles. The molecular weight excluding hydrogens is 212 g/mol. The summed E-state index contributed by atoms with van der Waals surface area (Å²) in [6.07, 6.45) is 1.25. The molecule has 6 nitrogen and oxygen atoms in total. The average molecular weight is 234 g/mol. The van der Waals surface area contributed by atoms with E-state index in [1.165, 1.54) is 0 Å². The number of rotatable bonds is 9. The second-order valence-electron chi connectivity index (χ2n) is 3.80. The van der Waals surface area contributed by atoms with Crippen molar-refractivity contribution in [3.8, 4) is 0 Å². The van der Waals surface area contributed by atoms with Crippen LogP contribution in [0.3, 0.4) is 0 Å². The zero-order valence-corrected chi connectivity index (χ0v) is 9.70. The highest BCUT2D eigenvalue weighted by molar-refractivity contribution is 5.77. The van der Waals surface area contributed by atoms with Gasteiger partial charge in [-0.15, -0.1) is 0 Å². The molecule has 0 bridgehead atoms. The third-order valence-electron chi connectivity index (χ3n) is 2.27. The minimum absolute atomic E-state index is 0.252. The molecule has 96 valence electrons. The molecule has 0 aliphatic carbocycles. The second-order valence-corrected chi connectivity index (χ2v) is 3.80. The van der Waals surface area contributed by atoms with E-state index in [4.69, 9.17) is 15.3 Å². The minimum atomic E-state index is -1.32. The van der Waals surface area contributed by atoms with Crippen molar-refractivity contribution in [1.82, 2.24) is 10.6 Å². The van der Waals surface area contributed by atoms with E-state index < -0.39 is 25.4 Å². The number of aliphatic hydroxyl groups excluding tert-OH is 3. The molecule has 0 aromatic carbocycles. The van der Waals surface area contributed by atoms with Gasteiger partial charge in [0.05, 0.1) is 19.8 Å². The molecule has 0 atom stereocenters. The highest BCUT2D eigenvalue weighted by Crippen LogP contribution is 2.01. The van der Waals surface area contributed by atoms with E-state index in [1.807, 2.05) is 6.92 Å². The summed E-state index contributed by atoms with van der Waals surface area (Å²) in [5.74, 6) is -0.305. The number of hydrogen-bond acceptors (Lipinski definition) is 5. The molecule has 1 amide bonds. The van der Waals surface area contributed by atoms with E-state index in [-0.39, 0.29) is 12.3 Å². The van der Waals surface area contributed by atoms with Crippen molar-refractivity contribution in [2.45, 2.75) is 25.3 Å².